The fourth-order valence-electron chi connectivity index (χ4n) is 2.27. The summed E-state index contributed by atoms with van der Waals surface area (Å²) in [4.78, 5) is 6.11. The highest BCUT2D eigenvalue weighted by Gasteiger charge is 2.18. The van der Waals surface area contributed by atoms with E-state index < -0.39 is 0 Å². The first-order chi connectivity index (χ1) is 9.69. The third kappa shape index (κ3) is 3.19. The van der Waals surface area contributed by atoms with Gasteiger partial charge >= 0.3 is 0 Å². The first-order valence-corrected chi connectivity index (χ1v) is 7.84. The van der Waals surface area contributed by atoms with Crippen LogP contribution in [0.25, 0.3) is 0 Å². The standard InChI is InChI=1S/C16H22N2OS/c1-5-14-11(3)20-16(18-14)15(17-6-2)12-8-7-9-13(10-12)19-4/h7-10,15,17H,5-6H2,1-4H3. The first-order valence-electron chi connectivity index (χ1n) is 7.03. The zero-order valence-corrected chi connectivity index (χ0v) is 13.4. The maximum Gasteiger partial charge on any atom is 0.119 e. The molecule has 1 heterocycles. The van der Waals surface area contributed by atoms with E-state index in [9.17, 15) is 0 Å². The molecule has 0 spiro atoms. The number of thiazole rings is 1. The number of ether oxygens (including phenoxy) is 1. The number of nitrogens with zero attached hydrogens (tertiary/aromatic N) is 1. The third-order valence-electron chi connectivity index (χ3n) is 3.33. The summed E-state index contributed by atoms with van der Waals surface area (Å²) in [6.07, 6.45) is 0.985. The second-order valence-corrected chi connectivity index (χ2v) is 5.91. The van der Waals surface area contributed by atoms with Crippen LogP contribution in [-0.4, -0.2) is 18.6 Å². The van der Waals surface area contributed by atoms with Gasteiger partial charge in [0.15, 0.2) is 0 Å². The van der Waals surface area contributed by atoms with Crippen molar-refractivity contribution in [2.45, 2.75) is 33.2 Å². The van der Waals surface area contributed by atoms with Crippen LogP contribution < -0.4 is 10.1 Å². The Labute approximate surface area is 125 Å². The molecule has 2 rings (SSSR count). The van der Waals surface area contributed by atoms with E-state index >= 15 is 0 Å². The fourth-order valence-corrected chi connectivity index (χ4v) is 3.39. The van der Waals surface area contributed by atoms with Gasteiger partial charge < -0.3 is 10.1 Å². The number of hydrogen-bond donors (Lipinski definition) is 1. The van der Waals surface area contributed by atoms with Crippen LogP contribution in [0.4, 0.5) is 0 Å². The van der Waals surface area contributed by atoms with Crippen molar-refractivity contribution in [1.82, 2.24) is 10.3 Å². The van der Waals surface area contributed by atoms with Gasteiger partial charge in [0.2, 0.25) is 0 Å². The molecule has 20 heavy (non-hydrogen) atoms. The molecule has 0 amide bonds. The Kier molecular flexibility index (Phi) is 5.15. The molecule has 1 N–H and O–H groups in total. The zero-order valence-electron chi connectivity index (χ0n) is 12.6. The highest BCUT2D eigenvalue weighted by Crippen LogP contribution is 2.30. The predicted molar refractivity (Wildman–Crippen MR) is 84.7 cm³/mol. The molecule has 1 unspecified atom stereocenters. The number of methoxy groups -OCH3 is 1. The van der Waals surface area contributed by atoms with Crippen LogP contribution in [0, 0.1) is 6.92 Å². The predicted octanol–water partition coefficient (Wildman–Crippen LogP) is 3.72. The summed E-state index contributed by atoms with van der Waals surface area (Å²) < 4.78 is 5.32. The quantitative estimate of drug-likeness (QED) is 0.880. The maximum atomic E-state index is 5.32. The minimum absolute atomic E-state index is 0.138. The van der Waals surface area contributed by atoms with Crippen molar-refractivity contribution in [3.05, 3.63) is 45.4 Å². The Morgan fingerprint density at radius 2 is 2.15 bits per heavy atom. The molecule has 0 aliphatic rings. The Hall–Kier alpha value is -1.39. The molecule has 1 aromatic heterocycles. The third-order valence-corrected chi connectivity index (χ3v) is 4.40. The largest absolute Gasteiger partial charge is 0.497 e. The molecule has 0 aliphatic carbocycles. The van der Waals surface area contributed by atoms with Crippen molar-refractivity contribution in [1.29, 1.82) is 0 Å². The summed E-state index contributed by atoms with van der Waals surface area (Å²) in [7, 11) is 1.70. The van der Waals surface area contributed by atoms with E-state index in [-0.39, 0.29) is 6.04 Å². The Bertz CT molecular complexity index is 565. The molecule has 108 valence electrons. The van der Waals surface area contributed by atoms with Gasteiger partial charge in [-0.05, 0) is 37.6 Å². The van der Waals surface area contributed by atoms with E-state index in [0.717, 1.165) is 23.7 Å². The zero-order chi connectivity index (χ0) is 14.5. The van der Waals surface area contributed by atoms with E-state index in [1.807, 2.05) is 12.1 Å². The van der Waals surface area contributed by atoms with E-state index in [4.69, 9.17) is 9.72 Å². The molecule has 1 aromatic carbocycles. The van der Waals surface area contributed by atoms with Crippen LogP contribution in [0.2, 0.25) is 0 Å². The molecular formula is C16H22N2OS. The lowest BCUT2D eigenvalue weighted by molar-refractivity contribution is 0.413. The Morgan fingerprint density at radius 1 is 1.35 bits per heavy atom. The van der Waals surface area contributed by atoms with Crippen LogP contribution in [0.15, 0.2) is 24.3 Å². The van der Waals surface area contributed by atoms with Crippen LogP contribution in [-0.2, 0) is 6.42 Å². The summed E-state index contributed by atoms with van der Waals surface area (Å²) >= 11 is 1.78. The van der Waals surface area contributed by atoms with Crippen LogP contribution in [0.5, 0.6) is 5.75 Å². The van der Waals surface area contributed by atoms with Gasteiger partial charge in [0, 0.05) is 4.88 Å². The minimum atomic E-state index is 0.138. The average molecular weight is 290 g/mol. The van der Waals surface area contributed by atoms with Gasteiger partial charge in [0.05, 0.1) is 18.8 Å². The molecule has 0 aliphatic heterocycles. The molecule has 1 atom stereocenters. The summed E-state index contributed by atoms with van der Waals surface area (Å²) in [6.45, 7) is 7.32. The van der Waals surface area contributed by atoms with Gasteiger partial charge in [-0.15, -0.1) is 11.3 Å². The molecule has 0 fully saturated rings. The van der Waals surface area contributed by atoms with Crippen molar-refractivity contribution < 1.29 is 4.74 Å². The lowest BCUT2D eigenvalue weighted by atomic mass is 10.1. The van der Waals surface area contributed by atoms with Crippen molar-refractivity contribution in [3.63, 3.8) is 0 Å². The van der Waals surface area contributed by atoms with Crippen molar-refractivity contribution in [3.8, 4) is 5.75 Å². The van der Waals surface area contributed by atoms with Gasteiger partial charge in [-0.1, -0.05) is 26.0 Å². The summed E-state index contributed by atoms with van der Waals surface area (Å²) in [6, 6.07) is 8.34. The molecule has 0 bridgehead atoms. The summed E-state index contributed by atoms with van der Waals surface area (Å²) in [5.74, 6) is 0.884. The van der Waals surface area contributed by atoms with Gasteiger partial charge in [0.25, 0.3) is 0 Å². The van der Waals surface area contributed by atoms with E-state index in [0.29, 0.717) is 0 Å². The first kappa shape index (κ1) is 15.0. The molecule has 0 radical (unpaired) electrons. The van der Waals surface area contributed by atoms with E-state index in [1.54, 1.807) is 18.4 Å². The second kappa shape index (κ2) is 6.86. The molecule has 2 aromatic rings. The highest BCUT2D eigenvalue weighted by molar-refractivity contribution is 7.11. The Balaban J connectivity index is 2.38. The van der Waals surface area contributed by atoms with Gasteiger partial charge in [-0.2, -0.15) is 0 Å². The van der Waals surface area contributed by atoms with Gasteiger partial charge in [-0.3, -0.25) is 0 Å². The van der Waals surface area contributed by atoms with Gasteiger partial charge in [-0.25, -0.2) is 4.98 Å². The van der Waals surface area contributed by atoms with Crippen LogP contribution >= 0.6 is 11.3 Å². The number of aryl methyl sites for hydroxylation is 2. The number of aromatic nitrogens is 1. The highest BCUT2D eigenvalue weighted by atomic mass is 32.1. The van der Waals surface area contributed by atoms with E-state index in [2.05, 4.69) is 38.2 Å². The van der Waals surface area contributed by atoms with E-state index in [1.165, 1.54) is 16.1 Å². The molecule has 0 saturated carbocycles. The second-order valence-electron chi connectivity index (χ2n) is 4.68. The number of rotatable bonds is 6. The molecule has 3 nitrogen and oxygen atoms in total. The average Bonchev–Trinajstić information content (AvgIpc) is 2.85. The van der Waals surface area contributed by atoms with Crippen molar-refractivity contribution in [2.75, 3.05) is 13.7 Å². The lowest BCUT2D eigenvalue weighted by Gasteiger charge is -2.16. The van der Waals surface area contributed by atoms with Crippen molar-refractivity contribution >= 4 is 11.3 Å². The number of nitrogens with one attached hydrogen (secondary N) is 1. The maximum absolute atomic E-state index is 5.32. The normalized spacial score (nSPS) is 12.4. The molecular weight excluding hydrogens is 268 g/mol. The summed E-state index contributed by atoms with van der Waals surface area (Å²) in [5.41, 5.74) is 2.40. The molecule has 0 saturated heterocycles. The fraction of sp³-hybridized carbons (Fsp3) is 0.438. The Morgan fingerprint density at radius 3 is 2.75 bits per heavy atom. The SMILES string of the molecule is CCNC(c1cccc(OC)c1)c1nc(CC)c(C)s1. The minimum Gasteiger partial charge on any atom is -0.497 e. The monoisotopic (exact) mass is 290 g/mol. The van der Waals surface area contributed by atoms with Crippen molar-refractivity contribution in [2.24, 2.45) is 0 Å². The number of hydrogen-bond acceptors (Lipinski definition) is 4. The van der Waals surface area contributed by atoms with Crippen LogP contribution in [0.3, 0.4) is 0 Å². The lowest BCUT2D eigenvalue weighted by Crippen LogP contribution is -2.21. The smallest absolute Gasteiger partial charge is 0.119 e. The van der Waals surface area contributed by atoms with Gasteiger partial charge in [0.1, 0.15) is 10.8 Å². The topological polar surface area (TPSA) is 34.1 Å². The molecule has 4 heteroatoms. The van der Waals surface area contributed by atoms with Crippen LogP contribution in [0.1, 0.15) is 41.0 Å². The summed E-state index contributed by atoms with van der Waals surface area (Å²) in [5, 5.41) is 4.66. The number of benzene rings is 1.